The predicted octanol–water partition coefficient (Wildman–Crippen LogP) is 4.54. The van der Waals surface area contributed by atoms with E-state index in [1.165, 1.54) is 0 Å². The number of hydrogen-bond acceptors (Lipinski definition) is 2. The van der Waals surface area contributed by atoms with E-state index < -0.39 is 9.84 Å². The molecule has 0 saturated heterocycles. The lowest BCUT2D eigenvalue weighted by Crippen LogP contribution is -2.50. The van der Waals surface area contributed by atoms with Gasteiger partial charge in [0, 0.05) is 0 Å². The van der Waals surface area contributed by atoms with E-state index in [-0.39, 0.29) is 33.2 Å². The largest absolute Gasteiger partial charge is 0.228 e. The highest BCUT2D eigenvalue weighted by molar-refractivity contribution is 7.92. The van der Waals surface area contributed by atoms with E-state index in [4.69, 9.17) is 0 Å². The van der Waals surface area contributed by atoms with Crippen LogP contribution < -0.4 is 0 Å². The molecule has 2 unspecified atom stereocenters. The lowest BCUT2D eigenvalue weighted by Gasteiger charge is -2.41. The average molecular weight is 291 g/mol. The van der Waals surface area contributed by atoms with Gasteiger partial charge < -0.3 is 0 Å². The molecule has 0 saturated carbocycles. The third kappa shape index (κ3) is 4.47. The van der Waals surface area contributed by atoms with Gasteiger partial charge in [-0.3, -0.25) is 0 Å². The molecule has 0 aromatic heterocycles. The van der Waals surface area contributed by atoms with Gasteiger partial charge in [0.1, 0.15) is 0 Å². The predicted molar refractivity (Wildman–Crippen MR) is 85.1 cm³/mol. The summed E-state index contributed by atoms with van der Waals surface area (Å²) in [6.07, 6.45) is 0. The molecule has 0 bridgehead atoms. The molecule has 116 valence electrons. The third-order valence-corrected chi connectivity index (χ3v) is 7.54. The average Bonchev–Trinajstić information content (AvgIpc) is 1.90. The van der Waals surface area contributed by atoms with Crippen LogP contribution in [0.3, 0.4) is 0 Å². The Kier molecular flexibility index (Phi) is 5.73. The summed E-state index contributed by atoms with van der Waals surface area (Å²) in [5.41, 5.74) is -0.462. The van der Waals surface area contributed by atoms with Crippen LogP contribution in [0.15, 0.2) is 0 Å². The van der Waals surface area contributed by atoms with Gasteiger partial charge in [0.25, 0.3) is 0 Å². The molecular weight excluding hydrogens is 256 g/mol. The van der Waals surface area contributed by atoms with Crippen LogP contribution in [0.1, 0.15) is 69.2 Å². The minimum Gasteiger partial charge on any atom is -0.228 e. The Morgan fingerprint density at radius 1 is 0.632 bits per heavy atom. The molecule has 2 atom stereocenters. The van der Waals surface area contributed by atoms with Gasteiger partial charge in [0.05, 0.1) is 10.5 Å². The maximum Gasteiger partial charge on any atom is 0.157 e. The number of rotatable bonds is 4. The molecule has 0 aliphatic heterocycles. The van der Waals surface area contributed by atoms with E-state index in [2.05, 4.69) is 0 Å². The minimum absolute atomic E-state index is 0.133. The maximum atomic E-state index is 13.2. The third-order valence-electron chi connectivity index (χ3n) is 3.63. The second-order valence-corrected chi connectivity index (χ2v) is 10.8. The van der Waals surface area contributed by atoms with Gasteiger partial charge in [0.2, 0.25) is 0 Å². The van der Waals surface area contributed by atoms with Crippen molar-refractivity contribution in [1.29, 1.82) is 0 Å². The first-order valence-electron chi connectivity index (χ1n) is 7.36. The van der Waals surface area contributed by atoms with Gasteiger partial charge in [-0.15, -0.1) is 0 Å². The van der Waals surface area contributed by atoms with Crippen molar-refractivity contribution < 1.29 is 8.42 Å². The molecule has 0 aliphatic carbocycles. The Bertz CT molecular complexity index is 346. The zero-order chi connectivity index (χ0) is 15.8. The molecule has 0 aromatic rings. The van der Waals surface area contributed by atoms with Gasteiger partial charge in [0.15, 0.2) is 9.84 Å². The zero-order valence-corrected chi connectivity index (χ0v) is 15.4. The highest BCUT2D eigenvalue weighted by Gasteiger charge is 2.47. The topological polar surface area (TPSA) is 34.1 Å². The van der Waals surface area contributed by atoms with Gasteiger partial charge in [-0.2, -0.15) is 0 Å². The number of sulfone groups is 1. The summed E-state index contributed by atoms with van der Waals surface area (Å²) in [4.78, 5) is 0. The summed E-state index contributed by atoms with van der Waals surface area (Å²) >= 11 is 0. The second-order valence-electron chi connectivity index (χ2n) is 8.65. The highest BCUT2D eigenvalue weighted by Crippen LogP contribution is 2.40. The fourth-order valence-electron chi connectivity index (χ4n) is 3.90. The molecule has 0 radical (unpaired) electrons. The van der Waals surface area contributed by atoms with Crippen molar-refractivity contribution >= 4 is 9.84 Å². The molecule has 0 aromatic carbocycles. The van der Waals surface area contributed by atoms with Crippen molar-refractivity contribution in [2.45, 2.75) is 79.7 Å². The monoisotopic (exact) mass is 290 g/mol. The maximum absolute atomic E-state index is 13.2. The standard InChI is InChI=1S/C16H34O2S/c1-11(2)13(15(5,6)7)19(17,18)14(12(3)4)16(8,9)10/h11-14H,1-10H3. The lowest BCUT2D eigenvalue weighted by molar-refractivity contribution is 0.285. The quantitative estimate of drug-likeness (QED) is 0.761. The molecular formula is C16H34O2S. The second kappa shape index (κ2) is 5.75. The van der Waals surface area contributed by atoms with Crippen LogP contribution in [0.5, 0.6) is 0 Å². The van der Waals surface area contributed by atoms with Crippen LogP contribution in [-0.2, 0) is 9.84 Å². The van der Waals surface area contributed by atoms with Gasteiger partial charge in [-0.1, -0.05) is 69.2 Å². The van der Waals surface area contributed by atoms with Crippen LogP contribution in [-0.4, -0.2) is 18.9 Å². The summed E-state index contributed by atoms with van der Waals surface area (Å²) in [5, 5.41) is -0.599. The normalized spacial score (nSPS) is 17.9. The smallest absolute Gasteiger partial charge is 0.157 e. The molecule has 0 N–H and O–H groups in total. The molecule has 0 rings (SSSR count). The molecule has 0 fully saturated rings. The Balaban J connectivity index is 5.92. The zero-order valence-electron chi connectivity index (χ0n) is 14.5. The van der Waals surface area contributed by atoms with Gasteiger partial charge >= 0.3 is 0 Å². The molecule has 0 amide bonds. The van der Waals surface area contributed by atoms with Crippen LogP contribution in [0.25, 0.3) is 0 Å². The SMILES string of the molecule is CC(C)C(C(C)(C)C)S(=O)(=O)C(C(C)C)C(C)(C)C. The Labute approximate surface area is 121 Å². The molecule has 3 heteroatoms. The van der Waals surface area contributed by atoms with Crippen molar-refractivity contribution in [2.75, 3.05) is 0 Å². The van der Waals surface area contributed by atoms with Crippen molar-refractivity contribution in [3.63, 3.8) is 0 Å². The Hall–Kier alpha value is -0.0500. The van der Waals surface area contributed by atoms with E-state index in [1.54, 1.807) is 0 Å². The van der Waals surface area contributed by atoms with Gasteiger partial charge in [-0.25, -0.2) is 8.42 Å². The van der Waals surface area contributed by atoms with E-state index in [1.807, 2.05) is 69.2 Å². The minimum atomic E-state index is -3.18. The van der Waals surface area contributed by atoms with Gasteiger partial charge in [-0.05, 0) is 22.7 Å². The van der Waals surface area contributed by atoms with Crippen molar-refractivity contribution in [1.82, 2.24) is 0 Å². The van der Waals surface area contributed by atoms with Crippen LogP contribution in [0.4, 0.5) is 0 Å². The molecule has 0 aliphatic rings. The van der Waals surface area contributed by atoms with Crippen LogP contribution >= 0.6 is 0 Å². The van der Waals surface area contributed by atoms with Crippen LogP contribution in [0.2, 0.25) is 0 Å². The summed E-state index contributed by atoms with van der Waals surface area (Å²) in [5.74, 6) is 0.266. The van der Waals surface area contributed by atoms with Crippen molar-refractivity contribution in [2.24, 2.45) is 22.7 Å². The van der Waals surface area contributed by atoms with E-state index >= 15 is 0 Å². The summed E-state index contributed by atoms with van der Waals surface area (Å²) in [6.45, 7) is 20.3. The summed E-state index contributed by atoms with van der Waals surface area (Å²) < 4.78 is 26.4. The highest BCUT2D eigenvalue weighted by atomic mass is 32.2. The first-order chi connectivity index (χ1) is 8.13. The fraction of sp³-hybridized carbons (Fsp3) is 1.00. The van der Waals surface area contributed by atoms with E-state index in [0.29, 0.717) is 0 Å². The Morgan fingerprint density at radius 3 is 0.947 bits per heavy atom. The molecule has 0 heterocycles. The Morgan fingerprint density at radius 2 is 0.842 bits per heavy atom. The summed E-state index contributed by atoms with van der Waals surface area (Å²) in [6, 6.07) is 0. The molecule has 2 nitrogen and oxygen atoms in total. The van der Waals surface area contributed by atoms with E-state index in [0.717, 1.165) is 0 Å². The van der Waals surface area contributed by atoms with E-state index in [9.17, 15) is 8.42 Å². The molecule has 19 heavy (non-hydrogen) atoms. The van der Waals surface area contributed by atoms with Crippen LogP contribution in [0, 0.1) is 22.7 Å². The lowest BCUT2D eigenvalue weighted by atomic mass is 9.84. The van der Waals surface area contributed by atoms with Crippen molar-refractivity contribution in [3.8, 4) is 0 Å². The molecule has 0 spiro atoms. The summed E-state index contributed by atoms with van der Waals surface area (Å²) in [7, 11) is -3.18. The first kappa shape index (κ1) is 18.9. The first-order valence-corrected chi connectivity index (χ1v) is 8.97. The number of hydrogen-bond donors (Lipinski definition) is 0. The fourth-order valence-corrected chi connectivity index (χ4v) is 7.71. The van der Waals surface area contributed by atoms with Crippen molar-refractivity contribution in [3.05, 3.63) is 0 Å².